The van der Waals surface area contributed by atoms with Gasteiger partial charge in [-0.25, -0.2) is 0 Å². The molecule has 2 aliphatic rings. The lowest BCUT2D eigenvalue weighted by Crippen LogP contribution is -2.50. The van der Waals surface area contributed by atoms with Crippen LogP contribution in [-0.2, 0) is 9.53 Å². The number of tetrazole rings is 1. The Labute approximate surface area is 146 Å². The third kappa shape index (κ3) is 3.79. The number of nitrogens with zero attached hydrogens (tertiary/aromatic N) is 6. The molecule has 0 N–H and O–H groups in total. The Bertz CT molecular complexity index is 707. The second-order valence-electron chi connectivity index (χ2n) is 6.55. The maximum Gasteiger partial charge on any atom is 0.250 e. The highest BCUT2D eigenvalue weighted by atomic mass is 16.5. The molecule has 4 rings (SSSR count). The van der Waals surface area contributed by atoms with E-state index < -0.39 is 0 Å². The van der Waals surface area contributed by atoms with Crippen molar-refractivity contribution in [2.24, 2.45) is 5.92 Å². The smallest absolute Gasteiger partial charge is 0.250 e. The van der Waals surface area contributed by atoms with Gasteiger partial charge in [-0.3, -0.25) is 4.79 Å². The highest BCUT2D eigenvalue weighted by molar-refractivity contribution is 5.77. The van der Waals surface area contributed by atoms with E-state index in [1.54, 1.807) is 4.68 Å². The number of benzene rings is 1. The first-order valence-electron chi connectivity index (χ1n) is 8.75. The molecule has 1 saturated heterocycles. The molecule has 8 nitrogen and oxygen atoms in total. The van der Waals surface area contributed by atoms with Gasteiger partial charge in [0.15, 0.2) is 0 Å². The number of hydrogen-bond acceptors (Lipinski definition) is 6. The van der Waals surface area contributed by atoms with Gasteiger partial charge < -0.3 is 14.5 Å². The number of ether oxygens (including phenoxy) is 1. The van der Waals surface area contributed by atoms with Crippen molar-refractivity contribution in [2.45, 2.75) is 12.8 Å². The summed E-state index contributed by atoms with van der Waals surface area (Å²) in [5, 5.41) is 12.1. The van der Waals surface area contributed by atoms with E-state index in [1.165, 1.54) is 12.8 Å². The van der Waals surface area contributed by atoms with Gasteiger partial charge in [-0.05, 0) is 41.3 Å². The Morgan fingerprint density at radius 3 is 2.60 bits per heavy atom. The molecule has 0 atom stereocenters. The minimum Gasteiger partial charge on any atom is -0.371 e. The van der Waals surface area contributed by atoms with Crippen molar-refractivity contribution in [3.05, 3.63) is 30.3 Å². The lowest BCUT2D eigenvalue weighted by Gasteiger charge is -2.34. The molecule has 0 bridgehead atoms. The zero-order valence-corrected chi connectivity index (χ0v) is 14.1. The van der Waals surface area contributed by atoms with Crippen molar-refractivity contribution in [3.63, 3.8) is 0 Å². The van der Waals surface area contributed by atoms with Crippen molar-refractivity contribution >= 4 is 11.9 Å². The molecule has 0 spiro atoms. The summed E-state index contributed by atoms with van der Waals surface area (Å²) in [5.41, 5.74) is 0.925. The van der Waals surface area contributed by atoms with E-state index in [9.17, 15) is 4.79 Å². The van der Waals surface area contributed by atoms with Crippen LogP contribution in [0.1, 0.15) is 12.8 Å². The quantitative estimate of drug-likeness (QED) is 0.771. The molecule has 1 aromatic heterocycles. The largest absolute Gasteiger partial charge is 0.371 e. The molecule has 0 unspecified atom stereocenters. The molecule has 2 aromatic rings. The first-order valence-corrected chi connectivity index (χ1v) is 8.75. The third-order valence-electron chi connectivity index (χ3n) is 4.65. The lowest BCUT2D eigenvalue weighted by atomic mass is 10.3. The lowest BCUT2D eigenvalue weighted by molar-refractivity contribution is -0.136. The fourth-order valence-electron chi connectivity index (χ4n) is 2.96. The van der Waals surface area contributed by atoms with E-state index in [1.807, 2.05) is 35.2 Å². The SMILES string of the molecule is O=C(COCC1CC1)N1CCN(c2nnnn2-c2ccccc2)CC1. The number of para-hydroxylation sites is 1. The Hall–Kier alpha value is -2.48. The zero-order valence-electron chi connectivity index (χ0n) is 14.1. The molecule has 1 saturated carbocycles. The third-order valence-corrected chi connectivity index (χ3v) is 4.65. The molecule has 1 aliphatic carbocycles. The Balaban J connectivity index is 1.33. The van der Waals surface area contributed by atoms with Crippen LogP contribution in [0.15, 0.2) is 30.3 Å². The van der Waals surface area contributed by atoms with E-state index in [-0.39, 0.29) is 12.5 Å². The summed E-state index contributed by atoms with van der Waals surface area (Å²) < 4.78 is 7.24. The Morgan fingerprint density at radius 2 is 1.88 bits per heavy atom. The highest BCUT2D eigenvalue weighted by Gasteiger charge is 2.26. The second kappa shape index (κ2) is 7.18. The molecule has 2 fully saturated rings. The molecular formula is C17H22N6O2. The number of carbonyl (C=O) groups excluding carboxylic acids is 1. The summed E-state index contributed by atoms with van der Waals surface area (Å²) in [5.74, 6) is 1.47. The molecule has 1 aliphatic heterocycles. The summed E-state index contributed by atoms with van der Waals surface area (Å²) in [6.07, 6.45) is 2.48. The van der Waals surface area contributed by atoms with E-state index in [0.717, 1.165) is 12.3 Å². The monoisotopic (exact) mass is 342 g/mol. The maximum absolute atomic E-state index is 12.2. The van der Waals surface area contributed by atoms with Crippen LogP contribution in [0.4, 0.5) is 5.95 Å². The van der Waals surface area contributed by atoms with Crippen molar-refractivity contribution in [1.82, 2.24) is 25.1 Å². The normalized spacial score (nSPS) is 17.8. The Morgan fingerprint density at radius 1 is 1.12 bits per heavy atom. The van der Waals surface area contributed by atoms with Gasteiger partial charge in [-0.1, -0.05) is 23.3 Å². The maximum atomic E-state index is 12.2. The average molecular weight is 342 g/mol. The molecule has 0 radical (unpaired) electrons. The van der Waals surface area contributed by atoms with Crippen molar-refractivity contribution in [2.75, 3.05) is 44.3 Å². The standard InChI is InChI=1S/C17H22N6O2/c24-16(13-25-12-14-6-7-14)21-8-10-22(11-9-21)17-18-19-20-23(17)15-4-2-1-3-5-15/h1-5,14H,6-13H2. The fourth-order valence-corrected chi connectivity index (χ4v) is 2.96. The van der Waals surface area contributed by atoms with Gasteiger partial charge >= 0.3 is 0 Å². The van der Waals surface area contributed by atoms with E-state index in [4.69, 9.17) is 4.74 Å². The fraction of sp³-hybridized carbons (Fsp3) is 0.529. The van der Waals surface area contributed by atoms with Crippen LogP contribution in [0.5, 0.6) is 0 Å². The van der Waals surface area contributed by atoms with Gasteiger partial charge in [0.25, 0.3) is 0 Å². The van der Waals surface area contributed by atoms with Gasteiger partial charge in [0.05, 0.1) is 12.3 Å². The summed E-state index contributed by atoms with van der Waals surface area (Å²) >= 11 is 0. The highest BCUT2D eigenvalue weighted by Crippen LogP contribution is 2.28. The number of hydrogen-bond donors (Lipinski definition) is 0. The number of aromatic nitrogens is 4. The van der Waals surface area contributed by atoms with E-state index in [2.05, 4.69) is 20.4 Å². The number of piperazine rings is 1. The first kappa shape index (κ1) is 16.0. The summed E-state index contributed by atoms with van der Waals surface area (Å²) in [6, 6.07) is 9.81. The minimum atomic E-state index is 0.0722. The number of carbonyl (C=O) groups is 1. The van der Waals surface area contributed by atoms with Gasteiger partial charge in [-0.15, -0.1) is 0 Å². The summed E-state index contributed by atoms with van der Waals surface area (Å²) in [4.78, 5) is 16.2. The molecular weight excluding hydrogens is 320 g/mol. The van der Waals surface area contributed by atoms with Gasteiger partial charge in [0.1, 0.15) is 6.61 Å². The number of rotatable bonds is 6. The van der Waals surface area contributed by atoms with Crippen LogP contribution in [0.25, 0.3) is 5.69 Å². The van der Waals surface area contributed by atoms with Gasteiger partial charge in [0.2, 0.25) is 11.9 Å². The average Bonchev–Trinajstić information content (AvgIpc) is 3.35. The zero-order chi connectivity index (χ0) is 17.1. The predicted molar refractivity (Wildman–Crippen MR) is 91.5 cm³/mol. The summed E-state index contributed by atoms with van der Waals surface area (Å²) in [6.45, 7) is 3.65. The van der Waals surface area contributed by atoms with Gasteiger partial charge in [0, 0.05) is 26.2 Å². The summed E-state index contributed by atoms with van der Waals surface area (Å²) in [7, 11) is 0. The van der Waals surface area contributed by atoms with E-state index >= 15 is 0 Å². The topological polar surface area (TPSA) is 76.4 Å². The van der Waals surface area contributed by atoms with Crippen LogP contribution in [-0.4, -0.2) is 70.4 Å². The molecule has 132 valence electrons. The van der Waals surface area contributed by atoms with Crippen molar-refractivity contribution in [1.29, 1.82) is 0 Å². The van der Waals surface area contributed by atoms with Crippen LogP contribution in [0.3, 0.4) is 0 Å². The van der Waals surface area contributed by atoms with Crippen LogP contribution >= 0.6 is 0 Å². The van der Waals surface area contributed by atoms with E-state index in [0.29, 0.717) is 38.0 Å². The van der Waals surface area contributed by atoms with Gasteiger partial charge in [-0.2, -0.15) is 4.68 Å². The molecule has 8 heteroatoms. The number of amides is 1. The van der Waals surface area contributed by atoms with Crippen molar-refractivity contribution in [3.8, 4) is 5.69 Å². The molecule has 25 heavy (non-hydrogen) atoms. The number of anilines is 1. The molecule has 1 amide bonds. The Kier molecular flexibility index (Phi) is 4.60. The van der Waals surface area contributed by atoms with Crippen LogP contribution < -0.4 is 4.90 Å². The molecule has 1 aromatic carbocycles. The first-order chi connectivity index (χ1) is 12.3. The van der Waals surface area contributed by atoms with Crippen molar-refractivity contribution < 1.29 is 9.53 Å². The van der Waals surface area contributed by atoms with Crippen LogP contribution in [0, 0.1) is 5.92 Å². The molecule has 2 heterocycles. The van der Waals surface area contributed by atoms with Crippen LogP contribution in [0.2, 0.25) is 0 Å². The minimum absolute atomic E-state index is 0.0722. The predicted octanol–water partition coefficient (Wildman–Crippen LogP) is 0.738. The second-order valence-corrected chi connectivity index (χ2v) is 6.55.